The van der Waals surface area contributed by atoms with Gasteiger partial charge in [-0.05, 0) is 150 Å². The molecule has 4 aliphatic rings. The van der Waals surface area contributed by atoms with E-state index < -0.39 is 0 Å². The van der Waals surface area contributed by atoms with Crippen molar-refractivity contribution in [3.8, 4) is 33.4 Å². The van der Waals surface area contributed by atoms with Crippen LogP contribution in [0.5, 0.6) is 0 Å². The van der Waals surface area contributed by atoms with Gasteiger partial charge in [-0.3, -0.25) is 0 Å². The first kappa shape index (κ1) is 42.4. The number of rotatable bonds is 5. The topological polar surface area (TPSA) is 6.48 Å². The summed E-state index contributed by atoms with van der Waals surface area (Å²) in [5, 5.41) is 0. The molecule has 9 aromatic rings. The minimum Gasteiger partial charge on any atom is -0.310 e. The van der Waals surface area contributed by atoms with Crippen molar-refractivity contribution in [3.63, 3.8) is 0 Å². The fraction of sp³-hybridized carbons (Fsp3) is 0.176. The fourth-order valence-electron chi connectivity index (χ4n) is 12.9. The van der Waals surface area contributed by atoms with Crippen molar-refractivity contribution in [1.82, 2.24) is 0 Å². The highest BCUT2D eigenvalue weighted by Crippen LogP contribution is 2.60. The first-order valence-electron chi connectivity index (χ1n) is 25.1. The van der Waals surface area contributed by atoms with Gasteiger partial charge in [-0.1, -0.05) is 201 Å². The Morgan fingerprint density at radius 1 is 0.271 bits per heavy atom. The maximum absolute atomic E-state index is 2.52. The number of nitrogens with zero attached hydrogens (tertiary/aromatic N) is 2. The summed E-state index contributed by atoms with van der Waals surface area (Å²) < 4.78 is 0. The van der Waals surface area contributed by atoms with E-state index in [4.69, 9.17) is 0 Å². The van der Waals surface area contributed by atoms with Crippen molar-refractivity contribution in [2.45, 2.75) is 77.0 Å². The van der Waals surface area contributed by atoms with E-state index in [1.54, 1.807) is 0 Å². The van der Waals surface area contributed by atoms with Crippen LogP contribution in [0, 0.1) is 0 Å². The summed E-state index contributed by atoms with van der Waals surface area (Å²) in [7, 11) is 0. The fourth-order valence-corrected chi connectivity index (χ4v) is 12.9. The molecule has 2 aliphatic heterocycles. The quantitative estimate of drug-likeness (QED) is 0.159. The van der Waals surface area contributed by atoms with E-state index in [0.717, 1.165) is 0 Å². The molecule has 0 bridgehead atoms. The van der Waals surface area contributed by atoms with Crippen LogP contribution >= 0.6 is 0 Å². The van der Waals surface area contributed by atoms with Gasteiger partial charge in [0.15, 0.2) is 0 Å². The van der Waals surface area contributed by atoms with Gasteiger partial charge in [0.2, 0.25) is 0 Å². The minimum absolute atomic E-state index is 0.161. The van der Waals surface area contributed by atoms with E-state index >= 15 is 0 Å². The van der Waals surface area contributed by atoms with Gasteiger partial charge in [-0.25, -0.2) is 0 Å². The maximum atomic E-state index is 2.52. The lowest BCUT2D eigenvalue weighted by Crippen LogP contribution is -2.31. The summed E-state index contributed by atoms with van der Waals surface area (Å²) >= 11 is 0. The lowest BCUT2D eigenvalue weighted by Gasteiger charge is -2.43. The molecule has 0 atom stereocenters. The van der Waals surface area contributed by atoms with Crippen LogP contribution in [0.3, 0.4) is 0 Å². The van der Waals surface area contributed by atoms with Gasteiger partial charge >= 0.3 is 0 Å². The predicted octanol–water partition coefficient (Wildman–Crippen LogP) is 18.4. The van der Waals surface area contributed by atoms with Crippen LogP contribution in [-0.4, -0.2) is 0 Å². The highest BCUT2D eigenvalue weighted by Gasteiger charge is 2.44. The molecule has 0 N–H and O–H groups in total. The highest BCUT2D eigenvalue weighted by molar-refractivity contribution is 5.94. The molecule has 70 heavy (non-hydrogen) atoms. The molecular formula is C68H58N2. The highest BCUT2D eigenvalue weighted by atomic mass is 15.2. The molecule has 2 heteroatoms. The summed E-state index contributed by atoms with van der Waals surface area (Å²) in [6.07, 6.45) is 4.63. The maximum Gasteiger partial charge on any atom is 0.0506 e. The Kier molecular flexibility index (Phi) is 9.04. The van der Waals surface area contributed by atoms with Crippen LogP contribution in [-0.2, 0) is 21.7 Å². The summed E-state index contributed by atoms with van der Waals surface area (Å²) in [6, 6.07) is 72.9. The molecule has 0 aromatic heterocycles. The summed E-state index contributed by atoms with van der Waals surface area (Å²) in [6.45, 7) is 19.2. The SMILES string of the molecule is CC1(C)c2cc(/C=C/c3ccc4c(c3)C(C)(C)c3cc5c(cc3-4)C(C)(C)c3ccccc3N5c3ccc(-c4ccccc4)cc3)ccc2-c2cc3c(cc21)N(c1ccccc1)c1ccccc1C3(C)C. The Balaban J connectivity index is 0.845. The number of fused-ring (bicyclic) bond motifs is 10. The van der Waals surface area contributed by atoms with Crippen LogP contribution in [0.2, 0.25) is 0 Å². The van der Waals surface area contributed by atoms with Crippen molar-refractivity contribution in [2.75, 3.05) is 9.80 Å². The molecule has 0 radical (unpaired) electrons. The molecule has 2 heterocycles. The van der Waals surface area contributed by atoms with Crippen LogP contribution in [0.4, 0.5) is 34.1 Å². The predicted molar refractivity (Wildman–Crippen MR) is 296 cm³/mol. The van der Waals surface area contributed by atoms with Gasteiger partial charge in [-0.2, -0.15) is 0 Å². The normalized spacial score (nSPS) is 16.6. The van der Waals surface area contributed by atoms with Crippen LogP contribution in [0.25, 0.3) is 45.5 Å². The number of benzene rings is 9. The summed E-state index contributed by atoms with van der Waals surface area (Å²) in [4.78, 5) is 4.98. The molecule has 2 aliphatic carbocycles. The van der Waals surface area contributed by atoms with Crippen LogP contribution in [0.15, 0.2) is 194 Å². The Labute approximate surface area is 414 Å². The second kappa shape index (κ2) is 14.9. The van der Waals surface area contributed by atoms with E-state index in [0.29, 0.717) is 0 Å². The number of anilines is 6. The van der Waals surface area contributed by atoms with Crippen LogP contribution in [0.1, 0.15) is 111 Å². The third-order valence-corrected chi connectivity index (χ3v) is 16.8. The minimum atomic E-state index is -0.192. The Morgan fingerprint density at radius 2 is 0.643 bits per heavy atom. The van der Waals surface area contributed by atoms with Gasteiger partial charge in [0.1, 0.15) is 0 Å². The van der Waals surface area contributed by atoms with Crippen LogP contribution < -0.4 is 9.80 Å². The molecule has 0 saturated heterocycles. The molecule has 2 nitrogen and oxygen atoms in total. The third kappa shape index (κ3) is 6.05. The van der Waals surface area contributed by atoms with Gasteiger partial charge in [0.25, 0.3) is 0 Å². The Bertz CT molecular complexity index is 3640. The van der Waals surface area contributed by atoms with E-state index in [1.807, 2.05) is 0 Å². The van der Waals surface area contributed by atoms with Gasteiger partial charge in [0, 0.05) is 33.0 Å². The average molecular weight is 903 g/mol. The van der Waals surface area contributed by atoms with E-state index in [1.165, 1.54) is 123 Å². The lowest BCUT2D eigenvalue weighted by atomic mass is 9.72. The third-order valence-electron chi connectivity index (χ3n) is 16.8. The van der Waals surface area contributed by atoms with Crippen molar-refractivity contribution in [2.24, 2.45) is 0 Å². The second-order valence-corrected chi connectivity index (χ2v) is 22.2. The molecule has 0 spiro atoms. The summed E-state index contributed by atoms with van der Waals surface area (Å²) in [5.41, 5.74) is 27.9. The number of hydrogen-bond donors (Lipinski definition) is 0. The largest absolute Gasteiger partial charge is 0.310 e. The first-order chi connectivity index (χ1) is 33.7. The zero-order valence-corrected chi connectivity index (χ0v) is 41.5. The van der Waals surface area contributed by atoms with E-state index in [9.17, 15) is 0 Å². The molecule has 0 fully saturated rings. The molecule has 9 aromatic carbocycles. The van der Waals surface area contributed by atoms with Crippen molar-refractivity contribution < 1.29 is 0 Å². The Morgan fingerprint density at radius 3 is 1.11 bits per heavy atom. The van der Waals surface area contributed by atoms with Gasteiger partial charge in [-0.15, -0.1) is 0 Å². The number of hydrogen-bond acceptors (Lipinski definition) is 2. The smallest absolute Gasteiger partial charge is 0.0506 e. The first-order valence-corrected chi connectivity index (χ1v) is 25.1. The van der Waals surface area contributed by atoms with E-state index in [2.05, 4.69) is 271 Å². The molecule has 0 amide bonds. The van der Waals surface area contributed by atoms with Gasteiger partial charge < -0.3 is 9.80 Å². The molecule has 13 rings (SSSR count). The van der Waals surface area contributed by atoms with Crippen molar-refractivity contribution >= 4 is 46.3 Å². The molecular weight excluding hydrogens is 845 g/mol. The lowest BCUT2D eigenvalue weighted by molar-refractivity contribution is 0.627. The average Bonchev–Trinajstić information content (AvgIpc) is 3.73. The molecule has 0 saturated carbocycles. The van der Waals surface area contributed by atoms with Crippen molar-refractivity contribution in [1.29, 1.82) is 0 Å². The monoisotopic (exact) mass is 902 g/mol. The summed E-state index contributed by atoms with van der Waals surface area (Å²) in [5.74, 6) is 0. The second-order valence-electron chi connectivity index (χ2n) is 22.2. The number of para-hydroxylation sites is 3. The van der Waals surface area contributed by atoms with Crippen molar-refractivity contribution in [3.05, 3.63) is 250 Å². The zero-order valence-electron chi connectivity index (χ0n) is 41.5. The standard InChI is InChI=1S/C68H58N2/c1-65(2)53-23-15-17-25-61(53)69(47-21-13-10-14-22-47)63-41-57-51(39-59(63)65)49-35-29-43(37-55(49)67(57,5)6)27-28-44-30-36-50-52-40-60-64(42-58(52)68(7,8)56(50)38-44)70(62-26-18-16-24-54(62)66(60,3)4)48-33-31-46(32-34-48)45-19-11-9-12-20-45/h9-42H,1-8H3/b28-27+. The molecule has 0 unspecified atom stereocenters. The molecule has 340 valence electrons. The Hall–Kier alpha value is -7.68. The van der Waals surface area contributed by atoms with E-state index in [-0.39, 0.29) is 21.7 Å². The zero-order chi connectivity index (χ0) is 47.9. The van der Waals surface area contributed by atoms with Gasteiger partial charge in [0.05, 0.1) is 22.7 Å².